The molecule has 0 spiro atoms. The largest absolute Gasteiger partial charge is 0.387 e. The molecule has 190 valence electrons. The van der Waals surface area contributed by atoms with E-state index in [1.54, 1.807) is 18.2 Å². The van der Waals surface area contributed by atoms with Gasteiger partial charge >= 0.3 is 13.3 Å². The van der Waals surface area contributed by atoms with Gasteiger partial charge in [-0.2, -0.15) is 0 Å². The number of nitrogens with zero attached hydrogens (tertiary/aromatic N) is 1. The second kappa shape index (κ2) is 11.1. The lowest BCUT2D eigenvalue weighted by Gasteiger charge is -2.20. The molecule has 0 bridgehead atoms. The number of aromatic nitrogens is 2. The fraction of sp³-hybridized carbons (Fsp3) is 0.400. The van der Waals surface area contributed by atoms with E-state index in [0.29, 0.717) is 0 Å². The minimum atomic E-state index is -4.68. The van der Waals surface area contributed by atoms with Gasteiger partial charge in [-0.15, -0.1) is 0 Å². The molecule has 7 N–H and O–H groups in total. The van der Waals surface area contributed by atoms with Gasteiger partial charge in [0, 0.05) is 25.2 Å². The van der Waals surface area contributed by atoms with Gasteiger partial charge in [0.05, 0.1) is 0 Å². The number of hydrogen-bond donors (Lipinski definition) is 7. The van der Waals surface area contributed by atoms with Crippen molar-refractivity contribution < 1.29 is 38.9 Å². The average molecular weight is 512 g/mol. The Morgan fingerprint density at radius 2 is 1.80 bits per heavy atom. The van der Waals surface area contributed by atoms with Gasteiger partial charge in [0.2, 0.25) is 5.91 Å². The minimum absolute atomic E-state index is 0.0515. The zero-order valence-corrected chi connectivity index (χ0v) is 19.1. The number of H-pyrrole nitrogens is 1. The summed E-state index contributed by atoms with van der Waals surface area (Å²) in [4.78, 5) is 68.8. The summed E-state index contributed by atoms with van der Waals surface area (Å²) in [5.74, 6) is -2.97. The van der Waals surface area contributed by atoms with Crippen LogP contribution in [-0.4, -0.2) is 66.2 Å². The van der Waals surface area contributed by atoms with Crippen molar-refractivity contribution in [3.8, 4) is 0 Å². The molecule has 1 aliphatic rings. The van der Waals surface area contributed by atoms with Crippen molar-refractivity contribution in [1.29, 1.82) is 0 Å². The molecule has 3 rings (SSSR count). The number of amides is 2. The van der Waals surface area contributed by atoms with Crippen molar-refractivity contribution in [1.82, 2.24) is 20.2 Å². The molecule has 0 radical (unpaired) electrons. The summed E-state index contributed by atoms with van der Waals surface area (Å²) >= 11 is 0. The lowest BCUT2D eigenvalue weighted by Crippen LogP contribution is -2.43. The molecule has 35 heavy (non-hydrogen) atoms. The van der Waals surface area contributed by atoms with Crippen LogP contribution in [0.25, 0.3) is 0 Å². The molecule has 2 aromatic rings. The van der Waals surface area contributed by atoms with Crippen LogP contribution in [0.2, 0.25) is 0 Å². The molecule has 1 fully saturated rings. The Morgan fingerprint density at radius 1 is 1.11 bits per heavy atom. The molecule has 14 nitrogen and oxygen atoms in total. The van der Waals surface area contributed by atoms with Gasteiger partial charge in [0.1, 0.15) is 12.2 Å². The monoisotopic (exact) mass is 512 g/mol. The van der Waals surface area contributed by atoms with Gasteiger partial charge in [0.15, 0.2) is 18.1 Å². The number of benzene rings is 1. The fourth-order valence-electron chi connectivity index (χ4n) is 3.52. The number of carbonyl (C=O) groups excluding carboxylic acids is 2. The number of aliphatic hydroxyl groups excluding tert-OH is 2. The van der Waals surface area contributed by atoms with E-state index < -0.39 is 61.0 Å². The highest BCUT2D eigenvalue weighted by Crippen LogP contribution is 2.49. The van der Waals surface area contributed by atoms with Crippen molar-refractivity contribution in [3.05, 3.63) is 69.0 Å². The van der Waals surface area contributed by atoms with E-state index >= 15 is 0 Å². The number of hydrogen-bond acceptors (Lipinski definition) is 8. The molecule has 1 aliphatic heterocycles. The van der Waals surface area contributed by atoms with Gasteiger partial charge in [-0.05, 0) is 12.0 Å². The van der Waals surface area contributed by atoms with E-state index in [1.807, 2.05) is 4.98 Å². The lowest BCUT2D eigenvalue weighted by molar-refractivity contribution is -0.138. The van der Waals surface area contributed by atoms with Crippen LogP contribution in [0.5, 0.6) is 0 Å². The first-order valence-electron chi connectivity index (χ1n) is 10.5. The molecule has 2 heterocycles. The summed E-state index contributed by atoms with van der Waals surface area (Å²) in [6.07, 6.45) is -5.27. The Hall–Kier alpha value is -3.13. The standard InChI is InChI=1S/C20H25N4O10P/c25-12(22-18(35(31,32)33)11-5-2-1-3-6-11)7-4-9-21-17(29)16-14(27)15(28)19(34-16)24-10-8-13(26)23-20(24)30/h1-3,5-6,8,10,14-16,18-19,27-28H,4,7,9H2,(H,21,29)(H,22,25)(H,23,26,30)(H2,31,32,33)/t14-,15-,16-,18?,19+/m0/s1. The molecule has 1 saturated heterocycles. The summed E-state index contributed by atoms with van der Waals surface area (Å²) < 4.78 is 17.9. The van der Waals surface area contributed by atoms with Gasteiger partial charge in [-0.3, -0.25) is 28.5 Å². The molecule has 1 aromatic heterocycles. The Bertz CT molecular complexity index is 1210. The first kappa shape index (κ1) is 26.5. The number of ether oxygens (including phenoxy) is 1. The molecule has 0 aliphatic carbocycles. The Morgan fingerprint density at radius 3 is 2.43 bits per heavy atom. The van der Waals surface area contributed by atoms with Crippen molar-refractivity contribution in [2.24, 2.45) is 0 Å². The topological polar surface area (TPSA) is 220 Å². The number of nitrogens with one attached hydrogen (secondary N) is 3. The lowest BCUT2D eigenvalue weighted by atomic mass is 10.1. The Labute approximate surface area is 197 Å². The predicted octanol–water partition coefficient (Wildman–Crippen LogP) is -1.96. The number of rotatable bonds is 9. The maximum atomic E-state index is 12.4. The van der Waals surface area contributed by atoms with E-state index in [0.717, 1.165) is 16.8 Å². The summed E-state index contributed by atoms with van der Waals surface area (Å²) in [7, 11) is -4.68. The van der Waals surface area contributed by atoms with Crippen LogP contribution >= 0.6 is 7.60 Å². The first-order valence-corrected chi connectivity index (χ1v) is 12.2. The third-order valence-electron chi connectivity index (χ3n) is 5.25. The highest BCUT2D eigenvalue weighted by molar-refractivity contribution is 7.52. The van der Waals surface area contributed by atoms with E-state index in [9.17, 15) is 43.7 Å². The third kappa shape index (κ3) is 6.51. The maximum Gasteiger partial charge on any atom is 0.352 e. The number of aliphatic hydroxyl groups is 2. The van der Waals surface area contributed by atoms with Crippen LogP contribution in [0.15, 0.2) is 52.2 Å². The van der Waals surface area contributed by atoms with Crippen molar-refractivity contribution >= 4 is 19.4 Å². The first-order chi connectivity index (χ1) is 16.5. The van der Waals surface area contributed by atoms with E-state index in [2.05, 4.69) is 10.6 Å². The van der Waals surface area contributed by atoms with Crippen molar-refractivity contribution in [2.75, 3.05) is 6.54 Å². The van der Waals surface area contributed by atoms with Crippen molar-refractivity contribution in [2.45, 2.75) is 43.2 Å². The molecule has 15 heteroatoms. The smallest absolute Gasteiger partial charge is 0.352 e. The van der Waals surface area contributed by atoms with Gasteiger partial charge in [0.25, 0.3) is 11.5 Å². The molecule has 2 amide bonds. The highest BCUT2D eigenvalue weighted by Gasteiger charge is 2.47. The third-order valence-corrected chi connectivity index (χ3v) is 6.35. The van der Waals surface area contributed by atoms with Crippen LogP contribution in [0, 0.1) is 0 Å². The number of carbonyl (C=O) groups is 2. The van der Waals surface area contributed by atoms with Gasteiger partial charge in [-0.1, -0.05) is 30.3 Å². The van der Waals surface area contributed by atoms with E-state index in [-0.39, 0.29) is 24.9 Å². The van der Waals surface area contributed by atoms with Crippen LogP contribution < -0.4 is 21.9 Å². The molecular formula is C20H25N4O10P. The van der Waals surface area contributed by atoms with Crippen LogP contribution in [0.3, 0.4) is 0 Å². The number of aromatic amines is 1. The minimum Gasteiger partial charge on any atom is -0.387 e. The second-order valence-corrected chi connectivity index (χ2v) is 9.50. The average Bonchev–Trinajstić information content (AvgIpc) is 3.09. The van der Waals surface area contributed by atoms with Crippen LogP contribution in [0.1, 0.15) is 30.4 Å². The predicted molar refractivity (Wildman–Crippen MR) is 119 cm³/mol. The quantitative estimate of drug-likeness (QED) is 0.145. The van der Waals surface area contributed by atoms with Crippen LogP contribution in [-0.2, 0) is 18.9 Å². The molecule has 0 saturated carbocycles. The SMILES string of the molecule is O=C(CCCNC(=O)[C@H]1O[C@@H](n2ccc(=O)[nH]c2=O)[C@@H](O)[C@@H]1O)NC(c1ccccc1)P(=O)(O)O. The Kier molecular flexibility index (Phi) is 8.38. The molecular weight excluding hydrogens is 487 g/mol. The van der Waals surface area contributed by atoms with E-state index in [4.69, 9.17) is 4.74 Å². The Balaban J connectivity index is 1.51. The summed E-state index contributed by atoms with van der Waals surface area (Å²) in [6, 6.07) is 8.77. The summed E-state index contributed by atoms with van der Waals surface area (Å²) in [6.45, 7) is -0.0515. The van der Waals surface area contributed by atoms with Gasteiger partial charge in [-0.25, -0.2) is 4.79 Å². The molecule has 1 unspecified atom stereocenters. The van der Waals surface area contributed by atoms with Crippen LogP contribution in [0.4, 0.5) is 0 Å². The fourth-order valence-corrected chi connectivity index (χ4v) is 4.39. The zero-order valence-electron chi connectivity index (χ0n) is 18.2. The molecule has 1 aromatic carbocycles. The normalized spacial score (nSPS) is 23.0. The van der Waals surface area contributed by atoms with Crippen molar-refractivity contribution in [3.63, 3.8) is 0 Å². The van der Waals surface area contributed by atoms with E-state index in [1.165, 1.54) is 12.1 Å². The highest BCUT2D eigenvalue weighted by atomic mass is 31.2. The molecule has 5 atom stereocenters. The maximum absolute atomic E-state index is 12.4. The van der Waals surface area contributed by atoms with Gasteiger partial charge < -0.3 is 35.4 Å². The second-order valence-electron chi connectivity index (χ2n) is 7.81. The zero-order chi connectivity index (χ0) is 25.8. The summed E-state index contributed by atoms with van der Waals surface area (Å²) in [5.41, 5.74) is -1.33. The summed E-state index contributed by atoms with van der Waals surface area (Å²) in [5, 5.41) is 25.1.